The second kappa shape index (κ2) is 7.02. The van der Waals surface area contributed by atoms with Crippen LogP contribution in [0.3, 0.4) is 0 Å². The number of aryl methyl sites for hydroxylation is 2. The number of hydrogen-bond acceptors (Lipinski definition) is 3. The van der Waals surface area contributed by atoms with Gasteiger partial charge in [0.2, 0.25) is 5.91 Å². The average Bonchev–Trinajstić information content (AvgIpc) is 3.00. The van der Waals surface area contributed by atoms with Crippen molar-refractivity contribution in [3.05, 3.63) is 34.9 Å². The third-order valence-corrected chi connectivity index (χ3v) is 5.35. The van der Waals surface area contributed by atoms with E-state index in [1.54, 1.807) is 0 Å². The van der Waals surface area contributed by atoms with E-state index in [-0.39, 0.29) is 24.1 Å². The van der Waals surface area contributed by atoms with Gasteiger partial charge in [0.05, 0.1) is 18.2 Å². The van der Waals surface area contributed by atoms with E-state index in [0.29, 0.717) is 6.54 Å². The number of amides is 1. The van der Waals surface area contributed by atoms with Crippen molar-refractivity contribution in [3.8, 4) is 0 Å². The lowest BCUT2D eigenvalue weighted by atomic mass is 9.89. The molecule has 0 spiro atoms. The number of carbonyl (C=O) groups is 1. The molecule has 0 bridgehead atoms. The summed E-state index contributed by atoms with van der Waals surface area (Å²) in [5, 5.41) is 12.8. The number of β-amino-alcohol motifs (C(OH)–C–C–N with tert-alkyl or cyclic N) is 1. The van der Waals surface area contributed by atoms with Gasteiger partial charge in [-0.3, -0.25) is 9.69 Å². The molecule has 2 aliphatic rings. The van der Waals surface area contributed by atoms with Gasteiger partial charge in [-0.15, -0.1) is 0 Å². The lowest BCUT2D eigenvalue weighted by Gasteiger charge is -2.25. The van der Waals surface area contributed by atoms with Gasteiger partial charge < -0.3 is 10.4 Å². The molecule has 1 saturated heterocycles. The third-order valence-electron chi connectivity index (χ3n) is 5.35. The highest BCUT2D eigenvalue weighted by Crippen LogP contribution is 2.25. The SMILES string of the molecule is CC(NC(=O)C(C)N1CC[C@@H](O)C1)c1ccc2c(c1)CCCC2. The van der Waals surface area contributed by atoms with E-state index in [0.717, 1.165) is 19.4 Å². The standard InChI is InChI=1S/C19H28N2O2/c1-13(16-8-7-15-5-3-4-6-17(15)11-16)20-19(23)14(2)21-10-9-18(22)12-21/h7-8,11,13-14,18,22H,3-6,9-10,12H2,1-2H3,(H,20,23)/t13?,14?,18-/m1/s1. The second-order valence-electron chi connectivity index (χ2n) is 7.08. The van der Waals surface area contributed by atoms with Gasteiger partial charge >= 0.3 is 0 Å². The van der Waals surface area contributed by atoms with Crippen LogP contribution in [0.15, 0.2) is 18.2 Å². The van der Waals surface area contributed by atoms with Gasteiger partial charge in [0.15, 0.2) is 0 Å². The first-order valence-electron chi connectivity index (χ1n) is 8.89. The molecule has 0 saturated carbocycles. The molecule has 3 rings (SSSR count). The summed E-state index contributed by atoms with van der Waals surface area (Å²) in [6.07, 6.45) is 5.38. The highest BCUT2D eigenvalue weighted by molar-refractivity contribution is 5.81. The highest BCUT2D eigenvalue weighted by Gasteiger charge is 2.29. The summed E-state index contributed by atoms with van der Waals surface area (Å²) < 4.78 is 0. The monoisotopic (exact) mass is 316 g/mol. The van der Waals surface area contributed by atoms with Crippen molar-refractivity contribution in [1.82, 2.24) is 10.2 Å². The van der Waals surface area contributed by atoms with Gasteiger partial charge in [-0.25, -0.2) is 0 Å². The molecule has 126 valence electrons. The molecule has 1 amide bonds. The lowest BCUT2D eigenvalue weighted by Crippen LogP contribution is -2.45. The number of nitrogens with zero attached hydrogens (tertiary/aromatic N) is 1. The predicted octanol–water partition coefficient (Wildman–Crippen LogP) is 2.20. The molecule has 1 heterocycles. The summed E-state index contributed by atoms with van der Waals surface area (Å²) in [6.45, 7) is 5.37. The number of rotatable bonds is 4. The highest BCUT2D eigenvalue weighted by atomic mass is 16.3. The van der Waals surface area contributed by atoms with Gasteiger partial charge in [-0.05, 0) is 62.6 Å². The molecule has 2 unspecified atom stereocenters. The van der Waals surface area contributed by atoms with Crippen LogP contribution in [0, 0.1) is 0 Å². The van der Waals surface area contributed by atoms with E-state index in [4.69, 9.17) is 0 Å². The molecule has 1 aliphatic carbocycles. The van der Waals surface area contributed by atoms with Gasteiger partial charge in [0.1, 0.15) is 0 Å². The Morgan fingerprint density at radius 3 is 2.70 bits per heavy atom. The van der Waals surface area contributed by atoms with E-state index in [2.05, 4.69) is 28.4 Å². The largest absolute Gasteiger partial charge is 0.392 e. The number of aliphatic hydroxyl groups is 1. The fourth-order valence-corrected chi connectivity index (χ4v) is 3.73. The van der Waals surface area contributed by atoms with Crippen LogP contribution in [0.2, 0.25) is 0 Å². The maximum Gasteiger partial charge on any atom is 0.237 e. The van der Waals surface area contributed by atoms with Crippen molar-refractivity contribution in [2.75, 3.05) is 13.1 Å². The van der Waals surface area contributed by atoms with Crippen LogP contribution in [0.5, 0.6) is 0 Å². The smallest absolute Gasteiger partial charge is 0.237 e. The van der Waals surface area contributed by atoms with E-state index in [1.165, 1.54) is 36.0 Å². The zero-order chi connectivity index (χ0) is 16.4. The van der Waals surface area contributed by atoms with Crippen LogP contribution in [0.4, 0.5) is 0 Å². The Kier molecular flexibility index (Phi) is 5.02. The summed E-state index contributed by atoms with van der Waals surface area (Å²) in [6, 6.07) is 6.48. The van der Waals surface area contributed by atoms with Crippen LogP contribution in [0.25, 0.3) is 0 Å². The molecule has 1 fully saturated rings. The van der Waals surface area contributed by atoms with Crippen LogP contribution >= 0.6 is 0 Å². The summed E-state index contributed by atoms with van der Waals surface area (Å²) in [5.74, 6) is 0.0457. The number of hydrogen-bond donors (Lipinski definition) is 2. The first-order chi connectivity index (χ1) is 11.0. The molecule has 23 heavy (non-hydrogen) atoms. The Morgan fingerprint density at radius 2 is 2.00 bits per heavy atom. The number of fused-ring (bicyclic) bond motifs is 1. The topological polar surface area (TPSA) is 52.6 Å². The van der Waals surface area contributed by atoms with Crippen LogP contribution < -0.4 is 5.32 Å². The number of carbonyl (C=O) groups excluding carboxylic acids is 1. The van der Waals surface area contributed by atoms with Gasteiger partial charge in [0.25, 0.3) is 0 Å². The second-order valence-corrected chi connectivity index (χ2v) is 7.08. The van der Waals surface area contributed by atoms with Gasteiger partial charge in [-0.1, -0.05) is 18.2 Å². The molecule has 1 aromatic rings. The van der Waals surface area contributed by atoms with Crippen molar-refractivity contribution in [2.24, 2.45) is 0 Å². The zero-order valence-electron chi connectivity index (χ0n) is 14.2. The van der Waals surface area contributed by atoms with Gasteiger partial charge in [-0.2, -0.15) is 0 Å². The summed E-state index contributed by atoms with van der Waals surface area (Å²) >= 11 is 0. The van der Waals surface area contributed by atoms with Crippen molar-refractivity contribution in [1.29, 1.82) is 0 Å². The number of nitrogens with one attached hydrogen (secondary N) is 1. The normalized spacial score (nSPS) is 24.0. The minimum atomic E-state index is -0.289. The molecule has 4 heteroatoms. The van der Waals surface area contributed by atoms with E-state index in [9.17, 15) is 9.90 Å². The molecule has 1 aromatic carbocycles. The van der Waals surface area contributed by atoms with Crippen LogP contribution in [-0.2, 0) is 17.6 Å². The Hall–Kier alpha value is -1.39. The van der Waals surface area contributed by atoms with E-state index in [1.807, 2.05) is 13.8 Å². The first-order valence-corrected chi connectivity index (χ1v) is 8.89. The van der Waals surface area contributed by atoms with E-state index < -0.39 is 0 Å². The number of benzene rings is 1. The molecule has 0 radical (unpaired) electrons. The average molecular weight is 316 g/mol. The summed E-state index contributed by atoms with van der Waals surface area (Å²) in [4.78, 5) is 14.5. The Bertz CT molecular complexity index is 572. The quantitative estimate of drug-likeness (QED) is 0.895. The van der Waals surface area contributed by atoms with Crippen molar-refractivity contribution < 1.29 is 9.90 Å². The molecule has 0 aromatic heterocycles. The molecular formula is C19H28N2O2. The Labute approximate surface area is 138 Å². The lowest BCUT2D eigenvalue weighted by molar-refractivity contribution is -0.126. The number of aliphatic hydroxyl groups excluding tert-OH is 1. The fraction of sp³-hybridized carbons (Fsp3) is 0.632. The zero-order valence-corrected chi connectivity index (χ0v) is 14.2. The van der Waals surface area contributed by atoms with Crippen molar-refractivity contribution in [2.45, 2.75) is 64.1 Å². The number of likely N-dealkylation sites (tertiary alicyclic amines) is 1. The van der Waals surface area contributed by atoms with Gasteiger partial charge in [0, 0.05) is 13.1 Å². The molecule has 1 aliphatic heterocycles. The maximum absolute atomic E-state index is 12.5. The fourth-order valence-electron chi connectivity index (χ4n) is 3.73. The van der Waals surface area contributed by atoms with E-state index >= 15 is 0 Å². The Morgan fingerprint density at radius 1 is 1.26 bits per heavy atom. The van der Waals surface area contributed by atoms with Crippen molar-refractivity contribution >= 4 is 5.91 Å². The summed E-state index contributed by atoms with van der Waals surface area (Å²) in [7, 11) is 0. The minimum absolute atomic E-state index is 0.0182. The predicted molar refractivity (Wildman–Crippen MR) is 91.3 cm³/mol. The minimum Gasteiger partial charge on any atom is -0.392 e. The molecular weight excluding hydrogens is 288 g/mol. The Balaban J connectivity index is 1.62. The first kappa shape index (κ1) is 16.5. The van der Waals surface area contributed by atoms with Crippen LogP contribution in [-0.4, -0.2) is 41.1 Å². The molecule has 4 nitrogen and oxygen atoms in total. The maximum atomic E-state index is 12.5. The van der Waals surface area contributed by atoms with Crippen molar-refractivity contribution in [3.63, 3.8) is 0 Å². The van der Waals surface area contributed by atoms with Crippen LogP contribution in [0.1, 0.15) is 55.8 Å². The molecule has 3 atom stereocenters. The molecule has 2 N–H and O–H groups in total. The third kappa shape index (κ3) is 3.75. The summed E-state index contributed by atoms with van der Waals surface area (Å²) in [5.41, 5.74) is 4.11.